The Balaban J connectivity index is -0.000000225. The minimum absolute atomic E-state index is 0.139. The van der Waals surface area contributed by atoms with Gasteiger partial charge in [-0.3, -0.25) is 0 Å². The molecule has 0 N–H and O–H groups in total. The van der Waals surface area contributed by atoms with Gasteiger partial charge in [0.15, 0.2) is 0 Å². The standard InChI is InChI=1S/C8H10.C5H10O.C5H12.C2H6/c1-7-4-3-5-8(2)6-7;1-5(2,3)4-6;1-3-5-4-2;1-2/h3-6H,1-2H3;4H,1-3H3;3-5H2,1-2H3;1-2H3. The molecule has 0 saturated carbocycles. The average molecular weight is 295 g/mol. The Hall–Kier alpha value is -1.11. The lowest BCUT2D eigenvalue weighted by Crippen LogP contribution is -2.04. The van der Waals surface area contributed by atoms with E-state index in [4.69, 9.17) is 0 Å². The maximum Gasteiger partial charge on any atom is 0.125 e. The Bertz CT molecular complexity index is 302. The summed E-state index contributed by atoms with van der Waals surface area (Å²) >= 11 is 0. The largest absolute Gasteiger partial charge is 0.303 e. The molecule has 1 aromatic carbocycles. The van der Waals surface area contributed by atoms with Gasteiger partial charge in [0.25, 0.3) is 0 Å². The number of hydrogen-bond acceptors (Lipinski definition) is 1. The molecule has 0 bridgehead atoms. The van der Waals surface area contributed by atoms with Crippen molar-refractivity contribution >= 4 is 6.29 Å². The highest BCUT2D eigenvalue weighted by atomic mass is 16.1. The van der Waals surface area contributed by atoms with Gasteiger partial charge in [0.1, 0.15) is 6.29 Å². The van der Waals surface area contributed by atoms with Crippen molar-refractivity contribution in [2.75, 3.05) is 0 Å². The number of aldehydes is 1. The van der Waals surface area contributed by atoms with E-state index in [9.17, 15) is 4.79 Å². The van der Waals surface area contributed by atoms with Crippen molar-refractivity contribution in [2.24, 2.45) is 5.41 Å². The third-order valence-corrected chi connectivity index (χ3v) is 2.23. The normalized spacial score (nSPS) is 9.00. The van der Waals surface area contributed by atoms with Crippen LogP contribution in [0.5, 0.6) is 0 Å². The van der Waals surface area contributed by atoms with Gasteiger partial charge < -0.3 is 4.79 Å². The van der Waals surface area contributed by atoms with Gasteiger partial charge in [-0.05, 0) is 13.8 Å². The van der Waals surface area contributed by atoms with E-state index in [0.717, 1.165) is 6.29 Å². The summed E-state index contributed by atoms with van der Waals surface area (Å²) in [6, 6.07) is 8.45. The molecule has 0 unspecified atom stereocenters. The first-order valence-corrected chi connectivity index (χ1v) is 8.26. The summed E-state index contributed by atoms with van der Waals surface area (Å²) in [5, 5.41) is 0. The van der Waals surface area contributed by atoms with Crippen LogP contribution in [0.3, 0.4) is 0 Å². The van der Waals surface area contributed by atoms with Crippen molar-refractivity contribution in [1.82, 2.24) is 0 Å². The van der Waals surface area contributed by atoms with Gasteiger partial charge in [-0.2, -0.15) is 0 Å². The molecule has 0 aliphatic carbocycles. The maximum absolute atomic E-state index is 9.83. The Labute approximate surface area is 134 Å². The van der Waals surface area contributed by atoms with Crippen molar-refractivity contribution in [3.63, 3.8) is 0 Å². The highest BCUT2D eigenvalue weighted by Gasteiger charge is 2.04. The van der Waals surface area contributed by atoms with Crippen LogP contribution in [0.25, 0.3) is 0 Å². The second-order valence-corrected chi connectivity index (χ2v) is 6.00. The zero-order chi connectivity index (χ0) is 17.3. The molecule has 0 aliphatic rings. The summed E-state index contributed by atoms with van der Waals surface area (Å²) < 4.78 is 0. The molecule has 0 aliphatic heterocycles. The molecule has 0 radical (unpaired) electrons. The quantitative estimate of drug-likeness (QED) is 0.551. The number of hydrogen-bond donors (Lipinski definition) is 0. The van der Waals surface area contributed by atoms with Gasteiger partial charge in [-0.1, -0.05) is 103 Å². The van der Waals surface area contributed by atoms with Gasteiger partial charge in [0.05, 0.1) is 0 Å². The monoisotopic (exact) mass is 294 g/mol. The van der Waals surface area contributed by atoms with Crippen LogP contribution in [0.1, 0.15) is 78.9 Å². The Morgan fingerprint density at radius 2 is 1.29 bits per heavy atom. The second-order valence-electron chi connectivity index (χ2n) is 6.00. The van der Waals surface area contributed by atoms with Crippen LogP contribution in [-0.2, 0) is 4.79 Å². The molecule has 0 atom stereocenters. The van der Waals surface area contributed by atoms with E-state index in [-0.39, 0.29) is 5.41 Å². The zero-order valence-electron chi connectivity index (χ0n) is 15.9. The zero-order valence-corrected chi connectivity index (χ0v) is 15.9. The van der Waals surface area contributed by atoms with E-state index in [1.165, 1.54) is 30.4 Å². The first-order chi connectivity index (χ1) is 9.76. The fourth-order valence-corrected chi connectivity index (χ4v) is 1.16. The molecule has 0 aromatic heterocycles. The SMILES string of the molecule is CC.CC(C)(C)C=O.CCCCC.Cc1cccc(C)c1. The molecule has 0 saturated heterocycles. The van der Waals surface area contributed by atoms with E-state index in [1.54, 1.807) is 0 Å². The number of unbranched alkanes of at least 4 members (excludes halogenated alkanes) is 2. The molecular formula is C20H38O. The van der Waals surface area contributed by atoms with Crippen molar-refractivity contribution in [2.45, 2.75) is 81.6 Å². The second kappa shape index (κ2) is 16.9. The van der Waals surface area contributed by atoms with E-state index in [1.807, 2.05) is 34.6 Å². The summed E-state index contributed by atoms with van der Waals surface area (Å²) in [6.07, 6.45) is 5.01. The van der Waals surface area contributed by atoms with Crippen LogP contribution in [-0.4, -0.2) is 6.29 Å². The number of aryl methyl sites for hydroxylation is 2. The number of benzene rings is 1. The molecule has 21 heavy (non-hydrogen) atoms. The number of rotatable bonds is 2. The van der Waals surface area contributed by atoms with Crippen LogP contribution < -0.4 is 0 Å². The van der Waals surface area contributed by atoms with E-state index < -0.39 is 0 Å². The Kier molecular flexibility index (Phi) is 20.1. The third kappa shape index (κ3) is 27.9. The molecule has 0 heterocycles. The first-order valence-electron chi connectivity index (χ1n) is 8.26. The Morgan fingerprint density at radius 3 is 1.38 bits per heavy atom. The van der Waals surface area contributed by atoms with E-state index in [2.05, 4.69) is 52.0 Å². The predicted molar refractivity (Wildman–Crippen MR) is 98.0 cm³/mol. The van der Waals surface area contributed by atoms with Crippen LogP contribution >= 0.6 is 0 Å². The topological polar surface area (TPSA) is 17.1 Å². The van der Waals surface area contributed by atoms with Gasteiger partial charge in [-0.15, -0.1) is 0 Å². The molecule has 1 nitrogen and oxygen atoms in total. The van der Waals surface area contributed by atoms with Crippen molar-refractivity contribution < 1.29 is 4.79 Å². The molecule has 1 heteroatoms. The minimum atomic E-state index is -0.139. The van der Waals surface area contributed by atoms with Gasteiger partial charge in [-0.25, -0.2) is 0 Å². The predicted octanol–water partition coefficient (Wildman–Crippen LogP) is 6.76. The van der Waals surface area contributed by atoms with Crippen LogP contribution in [0.15, 0.2) is 24.3 Å². The van der Waals surface area contributed by atoms with Crippen molar-refractivity contribution in [3.05, 3.63) is 35.4 Å². The Morgan fingerprint density at radius 1 is 0.952 bits per heavy atom. The number of carbonyl (C=O) groups excluding carboxylic acids is 1. The van der Waals surface area contributed by atoms with Gasteiger partial charge in [0, 0.05) is 5.41 Å². The fourth-order valence-electron chi connectivity index (χ4n) is 1.16. The molecule has 0 amide bonds. The lowest BCUT2D eigenvalue weighted by Gasteiger charge is -2.03. The van der Waals surface area contributed by atoms with Crippen molar-refractivity contribution in [1.29, 1.82) is 0 Å². The highest BCUT2D eigenvalue weighted by Crippen LogP contribution is 2.05. The summed E-state index contributed by atoms with van der Waals surface area (Å²) in [6.45, 7) is 18.3. The molecule has 1 rings (SSSR count). The van der Waals surface area contributed by atoms with Crippen LogP contribution in [0, 0.1) is 19.3 Å². The maximum atomic E-state index is 9.83. The highest BCUT2D eigenvalue weighted by molar-refractivity contribution is 5.56. The average Bonchev–Trinajstić information content (AvgIpc) is 2.42. The molecule has 0 fully saturated rings. The van der Waals surface area contributed by atoms with Gasteiger partial charge >= 0.3 is 0 Å². The fraction of sp³-hybridized carbons (Fsp3) is 0.650. The first kappa shape index (κ1) is 24.9. The lowest BCUT2D eigenvalue weighted by atomic mass is 10.0. The van der Waals surface area contributed by atoms with Gasteiger partial charge in [0.2, 0.25) is 0 Å². The van der Waals surface area contributed by atoms with E-state index >= 15 is 0 Å². The van der Waals surface area contributed by atoms with Crippen LogP contribution in [0.2, 0.25) is 0 Å². The number of carbonyl (C=O) groups is 1. The lowest BCUT2D eigenvalue weighted by molar-refractivity contribution is -0.113. The molecular weight excluding hydrogens is 256 g/mol. The molecule has 0 spiro atoms. The van der Waals surface area contributed by atoms with E-state index in [0.29, 0.717) is 0 Å². The summed E-state index contributed by atoms with van der Waals surface area (Å²) in [7, 11) is 0. The molecule has 1 aromatic rings. The summed E-state index contributed by atoms with van der Waals surface area (Å²) in [5.41, 5.74) is 2.54. The van der Waals surface area contributed by atoms with Crippen LogP contribution in [0.4, 0.5) is 0 Å². The molecule has 124 valence electrons. The van der Waals surface area contributed by atoms with Crippen molar-refractivity contribution in [3.8, 4) is 0 Å². The smallest absolute Gasteiger partial charge is 0.125 e. The minimum Gasteiger partial charge on any atom is -0.303 e. The third-order valence-electron chi connectivity index (χ3n) is 2.23. The summed E-state index contributed by atoms with van der Waals surface area (Å²) in [4.78, 5) is 9.83. The summed E-state index contributed by atoms with van der Waals surface area (Å²) in [5.74, 6) is 0.